The van der Waals surface area contributed by atoms with Crippen LogP contribution in [0.2, 0.25) is 0 Å². The van der Waals surface area contributed by atoms with Gasteiger partial charge in [0.25, 0.3) is 5.91 Å². The second kappa shape index (κ2) is 7.58. The van der Waals surface area contributed by atoms with Gasteiger partial charge in [-0.25, -0.2) is 4.39 Å². The number of hydrogen-bond donors (Lipinski definition) is 3. The lowest BCUT2D eigenvalue weighted by Gasteiger charge is -2.34. The molecule has 2 aliphatic rings. The maximum atomic E-state index is 14.8. The molecule has 1 aliphatic heterocycles. The highest BCUT2D eigenvalue weighted by molar-refractivity contribution is 5.95. The fourth-order valence-electron chi connectivity index (χ4n) is 4.38. The van der Waals surface area contributed by atoms with E-state index in [2.05, 4.69) is 17.6 Å². The molecule has 0 bridgehead atoms. The van der Waals surface area contributed by atoms with Crippen molar-refractivity contribution in [2.45, 2.75) is 57.5 Å². The van der Waals surface area contributed by atoms with E-state index in [0.29, 0.717) is 11.3 Å². The molecule has 0 spiro atoms. The van der Waals surface area contributed by atoms with Gasteiger partial charge in [-0.3, -0.25) is 4.79 Å². The van der Waals surface area contributed by atoms with E-state index in [-0.39, 0.29) is 23.4 Å². The molecule has 3 N–H and O–H groups in total. The van der Waals surface area contributed by atoms with E-state index < -0.39 is 17.8 Å². The van der Waals surface area contributed by atoms with Crippen molar-refractivity contribution in [2.24, 2.45) is 0 Å². The number of aromatic hydroxyl groups is 1. The molecule has 0 saturated heterocycles. The van der Waals surface area contributed by atoms with Crippen molar-refractivity contribution in [3.05, 3.63) is 47.3 Å². The number of carbonyl (C=O) groups excluding carboxylic acids is 1. The van der Waals surface area contributed by atoms with Gasteiger partial charge in [0.15, 0.2) is 6.10 Å². The minimum atomic E-state index is -0.790. The zero-order chi connectivity index (χ0) is 20.6. The number of hydrogen-bond acceptors (Lipinski definition) is 4. The lowest BCUT2D eigenvalue weighted by Crippen LogP contribution is -2.41. The average Bonchev–Trinajstić information content (AvgIpc) is 2.70. The van der Waals surface area contributed by atoms with Crippen LogP contribution >= 0.6 is 0 Å². The summed E-state index contributed by atoms with van der Waals surface area (Å²) in [6, 6.07) is 8.35. The molecule has 1 heterocycles. The topological polar surface area (TPSA) is 70.6 Å². The number of carbonyl (C=O) groups is 1. The predicted octanol–water partition coefficient (Wildman–Crippen LogP) is 4.87. The van der Waals surface area contributed by atoms with Crippen LogP contribution in [0, 0.1) is 12.7 Å². The molecule has 1 atom stereocenters. The van der Waals surface area contributed by atoms with E-state index in [0.717, 1.165) is 36.9 Å². The normalized spacial score (nSPS) is 20.2. The lowest BCUT2D eigenvalue weighted by molar-refractivity contribution is -0.122. The van der Waals surface area contributed by atoms with E-state index in [4.69, 9.17) is 4.74 Å². The summed E-state index contributed by atoms with van der Waals surface area (Å²) in [5.41, 5.74) is 2.28. The Labute approximate surface area is 170 Å². The summed E-state index contributed by atoms with van der Waals surface area (Å²) < 4.78 is 20.6. The second-order valence-electron chi connectivity index (χ2n) is 8.45. The van der Waals surface area contributed by atoms with Gasteiger partial charge in [-0.05, 0) is 48.9 Å². The van der Waals surface area contributed by atoms with Crippen LogP contribution in [0.5, 0.6) is 11.5 Å². The summed E-state index contributed by atoms with van der Waals surface area (Å²) in [6.07, 6.45) is 4.37. The maximum Gasteiger partial charge on any atom is 0.267 e. The molecule has 1 amide bonds. The van der Waals surface area contributed by atoms with Crippen molar-refractivity contribution >= 4 is 17.3 Å². The SMILES string of the molecule is Cc1ccc2c(c1)NCC(C(=O)Nc1cc(O)c(C3(C)CCCCC3)cc1F)O2. The third kappa shape index (κ3) is 3.88. The molecule has 6 heteroatoms. The second-order valence-corrected chi connectivity index (χ2v) is 8.45. The van der Waals surface area contributed by atoms with Crippen LogP contribution in [0.1, 0.15) is 50.2 Å². The molecule has 2 aromatic carbocycles. The smallest absolute Gasteiger partial charge is 0.267 e. The monoisotopic (exact) mass is 398 g/mol. The molecular weight excluding hydrogens is 371 g/mol. The number of benzene rings is 2. The summed E-state index contributed by atoms with van der Waals surface area (Å²) in [7, 11) is 0. The number of fused-ring (bicyclic) bond motifs is 1. The molecule has 0 radical (unpaired) electrons. The fourth-order valence-corrected chi connectivity index (χ4v) is 4.38. The van der Waals surface area contributed by atoms with Crippen LogP contribution in [0.25, 0.3) is 0 Å². The number of aryl methyl sites for hydroxylation is 1. The number of rotatable bonds is 3. The fraction of sp³-hybridized carbons (Fsp3) is 0.435. The van der Waals surface area contributed by atoms with Gasteiger partial charge in [0.2, 0.25) is 0 Å². The molecule has 0 aromatic heterocycles. The molecule has 154 valence electrons. The van der Waals surface area contributed by atoms with Gasteiger partial charge in [0, 0.05) is 11.6 Å². The van der Waals surface area contributed by atoms with E-state index in [1.54, 1.807) is 0 Å². The van der Waals surface area contributed by atoms with E-state index in [9.17, 15) is 14.3 Å². The molecule has 1 aliphatic carbocycles. The van der Waals surface area contributed by atoms with Crippen molar-refractivity contribution in [1.82, 2.24) is 0 Å². The standard InChI is InChI=1S/C23H27FN2O3/c1-14-6-7-20-18(10-14)25-13-21(29-20)22(28)26-17-12-19(27)15(11-16(17)24)23(2)8-4-3-5-9-23/h6-7,10-12,21,25,27H,3-5,8-9,13H2,1-2H3,(H,26,28). The van der Waals surface area contributed by atoms with Crippen LogP contribution in [0.15, 0.2) is 30.3 Å². The number of phenols is 1. The lowest BCUT2D eigenvalue weighted by atomic mass is 9.70. The van der Waals surface area contributed by atoms with Crippen LogP contribution in [-0.4, -0.2) is 23.7 Å². The minimum Gasteiger partial charge on any atom is -0.508 e. The van der Waals surface area contributed by atoms with E-state index in [1.807, 2.05) is 25.1 Å². The maximum absolute atomic E-state index is 14.8. The third-order valence-corrected chi connectivity index (χ3v) is 6.13. The first-order valence-corrected chi connectivity index (χ1v) is 10.2. The Morgan fingerprint density at radius 1 is 1.24 bits per heavy atom. The molecule has 4 rings (SSSR count). The highest BCUT2D eigenvalue weighted by Gasteiger charge is 2.33. The Bertz CT molecular complexity index is 938. The molecule has 5 nitrogen and oxygen atoms in total. The van der Waals surface area contributed by atoms with Crippen molar-refractivity contribution in [1.29, 1.82) is 0 Å². The van der Waals surface area contributed by atoms with Gasteiger partial charge in [-0.1, -0.05) is 32.3 Å². The first-order valence-electron chi connectivity index (χ1n) is 10.2. The Morgan fingerprint density at radius 2 is 2.00 bits per heavy atom. The molecule has 1 saturated carbocycles. The van der Waals surface area contributed by atoms with Gasteiger partial charge in [0.05, 0.1) is 17.9 Å². The first kappa shape index (κ1) is 19.6. The van der Waals surface area contributed by atoms with Crippen LogP contribution in [-0.2, 0) is 10.2 Å². The molecule has 29 heavy (non-hydrogen) atoms. The number of anilines is 2. The van der Waals surface area contributed by atoms with Gasteiger partial charge in [-0.2, -0.15) is 0 Å². The van der Waals surface area contributed by atoms with Crippen LogP contribution in [0.3, 0.4) is 0 Å². The Morgan fingerprint density at radius 3 is 2.76 bits per heavy atom. The highest BCUT2D eigenvalue weighted by atomic mass is 19.1. The summed E-state index contributed by atoms with van der Waals surface area (Å²) in [5, 5.41) is 16.3. The van der Waals surface area contributed by atoms with Crippen molar-refractivity contribution in [3.8, 4) is 11.5 Å². The van der Waals surface area contributed by atoms with Crippen molar-refractivity contribution in [3.63, 3.8) is 0 Å². The van der Waals surface area contributed by atoms with Crippen molar-refractivity contribution < 1.29 is 19.0 Å². The molecule has 1 fully saturated rings. The van der Waals surface area contributed by atoms with Crippen molar-refractivity contribution in [2.75, 3.05) is 17.2 Å². The quantitative estimate of drug-likeness (QED) is 0.690. The number of nitrogens with one attached hydrogen (secondary N) is 2. The Balaban J connectivity index is 1.50. The van der Waals surface area contributed by atoms with Gasteiger partial charge in [-0.15, -0.1) is 0 Å². The number of ether oxygens (including phenoxy) is 1. The predicted molar refractivity (Wildman–Crippen MR) is 111 cm³/mol. The first-order chi connectivity index (χ1) is 13.9. The highest BCUT2D eigenvalue weighted by Crippen LogP contribution is 2.44. The number of halogens is 1. The Hall–Kier alpha value is -2.76. The minimum absolute atomic E-state index is 0.0228. The molecule has 1 unspecified atom stereocenters. The summed E-state index contributed by atoms with van der Waals surface area (Å²) in [5.74, 6) is -0.392. The molecule has 2 aromatic rings. The zero-order valence-electron chi connectivity index (χ0n) is 16.8. The average molecular weight is 398 g/mol. The van der Waals surface area contributed by atoms with E-state index >= 15 is 0 Å². The summed E-state index contributed by atoms with van der Waals surface area (Å²) >= 11 is 0. The van der Waals surface area contributed by atoms with Gasteiger partial charge >= 0.3 is 0 Å². The third-order valence-electron chi connectivity index (χ3n) is 6.13. The largest absolute Gasteiger partial charge is 0.508 e. The van der Waals surface area contributed by atoms with E-state index in [1.165, 1.54) is 18.6 Å². The Kier molecular flexibility index (Phi) is 5.11. The van der Waals surface area contributed by atoms with Crippen LogP contribution < -0.4 is 15.4 Å². The zero-order valence-corrected chi connectivity index (χ0v) is 16.8. The van der Waals surface area contributed by atoms with Gasteiger partial charge < -0.3 is 20.5 Å². The van der Waals surface area contributed by atoms with Gasteiger partial charge in [0.1, 0.15) is 17.3 Å². The van der Waals surface area contributed by atoms with Crippen LogP contribution in [0.4, 0.5) is 15.8 Å². The summed E-state index contributed by atoms with van der Waals surface area (Å²) in [6.45, 7) is 4.33. The summed E-state index contributed by atoms with van der Waals surface area (Å²) in [4.78, 5) is 12.6. The number of amides is 1. The number of phenolic OH excluding ortho intramolecular Hbond substituents is 1. The molecular formula is C23H27FN2O3.